The van der Waals surface area contributed by atoms with Crippen molar-refractivity contribution in [2.75, 3.05) is 12.5 Å². The second kappa shape index (κ2) is 3.50. The average Bonchev–Trinajstić information content (AvgIpc) is 2.03. The molecule has 0 fully saturated rings. The molecule has 0 unspecified atom stereocenters. The fourth-order valence-corrected chi connectivity index (χ4v) is 1.05. The van der Waals surface area contributed by atoms with Gasteiger partial charge in [-0.25, -0.2) is 0 Å². The maximum Gasteiger partial charge on any atom is 0.122 e. The molecule has 1 rings (SSSR count). The van der Waals surface area contributed by atoms with Crippen LogP contribution in [-0.2, 0) is 0 Å². The van der Waals surface area contributed by atoms with Crippen molar-refractivity contribution in [3.05, 3.63) is 18.2 Å². The van der Waals surface area contributed by atoms with Crippen LogP contribution in [0.2, 0.25) is 0 Å². The minimum Gasteiger partial charge on any atom is -0.497 e. The topological polar surface area (TPSA) is 47.3 Å². The van der Waals surface area contributed by atoms with Gasteiger partial charge in [-0.15, -0.1) is 12.6 Å². The fourth-order valence-electron chi connectivity index (χ4n) is 0.785. The molecule has 11 heavy (non-hydrogen) atoms. The summed E-state index contributed by atoms with van der Waals surface area (Å²) in [5, 5.41) is 0. The molecule has 0 radical (unpaired) electrons. The van der Waals surface area contributed by atoms with Gasteiger partial charge < -0.3 is 10.2 Å². The maximum atomic E-state index is 5.20. The monoisotopic (exact) mass is 170 g/mol. The minimum atomic E-state index is 0.741. The van der Waals surface area contributed by atoms with Crippen LogP contribution in [-0.4, -0.2) is 7.11 Å². The fraction of sp³-hybridized carbons (Fsp3) is 0.143. The van der Waals surface area contributed by atoms with E-state index < -0.39 is 0 Å². The highest BCUT2D eigenvalue weighted by Gasteiger charge is 1.95. The Morgan fingerprint density at radius 1 is 1.45 bits per heavy atom. The van der Waals surface area contributed by atoms with E-state index in [9.17, 15) is 0 Å². The van der Waals surface area contributed by atoms with Crippen molar-refractivity contribution in [1.29, 1.82) is 0 Å². The number of anilines is 1. The van der Waals surface area contributed by atoms with E-state index >= 15 is 0 Å². The Labute approximate surface area is 70.9 Å². The zero-order valence-electron chi connectivity index (χ0n) is 6.16. The Kier molecular flexibility index (Phi) is 2.62. The Balaban J connectivity index is 3.02. The van der Waals surface area contributed by atoms with E-state index in [0.717, 1.165) is 16.3 Å². The first-order chi connectivity index (χ1) is 5.26. The molecule has 0 aliphatic rings. The van der Waals surface area contributed by atoms with Crippen LogP contribution in [0.15, 0.2) is 23.1 Å². The van der Waals surface area contributed by atoms with Crippen LogP contribution in [0, 0.1) is 0 Å². The van der Waals surface area contributed by atoms with E-state index in [0.29, 0.717) is 0 Å². The number of hydrogen-bond donors (Lipinski definition) is 3. The lowest BCUT2D eigenvalue weighted by atomic mass is 10.3. The van der Waals surface area contributed by atoms with Crippen LogP contribution in [0.25, 0.3) is 0 Å². The summed E-state index contributed by atoms with van der Waals surface area (Å²) in [6.45, 7) is 0. The van der Waals surface area contributed by atoms with Gasteiger partial charge in [0.15, 0.2) is 0 Å². The molecular weight excluding hydrogens is 160 g/mol. The summed E-state index contributed by atoms with van der Waals surface area (Å²) < 4.78 is 4.99. The summed E-state index contributed by atoms with van der Waals surface area (Å²) in [7, 11) is 1.60. The lowest BCUT2D eigenvalue weighted by molar-refractivity contribution is 0.414. The zero-order valence-corrected chi connectivity index (χ0v) is 7.06. The second-order valence-electron chi connectivity index (χ2n) is 2.06. The molecule has 1 aromatic rings. The largest absolute Gasteiger partial charge is 0.497 e. The molecule has 3 N–H and O–H groups in total. The lowest BCUT2D eigenvalue weighted by Gasteiger charge is -2.04. The van der Waals surface area contributed by atoms with Crippen molar-refractivity contribution in [3.63, 3.8) is 0 Å². The van der Waals surface area contributed by atoms with Gasteiger partial charge in [0, 0.05) is 11.0 Å². The van der Waals surface area contributed by atoms with Crippen LogP contribution < -0.4 is 16.0 Å². The van der Waals surface area contributed by atoms with Crippen molar-refractivity contribution < 1.29 is 4.74 Å². The first-order valence-corrected chi connectivity index (χ1v) is 3.55. The molecule has 0 aliphatic heterocycles. The van der Waals surface area contributed by atoms with Crippen molar-refractivity contribution >= 4 is 18.3 Å². The third-order valence-electron chi connectivity index (χ3n) is 1.29. The normalized spacial score (nSPS) is 9.36. The molecule has 0 aliphatic carbocycles. The highest BCUT2D eigenvalue weighted by Crippen LogP contribution is 2.21. The lowest BCUT2D eigenvalue weighted by Crippen LogP contribution is -2.06. The van der Waals surface area contributed by atoms with Crippen molar-refractivity contribution in [2.45, 2.75) is 4.90 Å². The third kappa shape index (κ3) is 2.03. The zero-order chi connectivity index (χ0) is 8.27. The molecule has 0 amide bonds. The number of hydrogen-bond acceptors (Lipinski definition) is 4. The quantitative estimate of drug-likeness (QED) is 0.356. The van der Waals surface area contributed by atoms with Gasteiger partial charge in [0.05, 0.1) is 12.8 Å². The predicted octanol–water partition coefficient (Wildman–Crippen LogP) is 1.27. The number of hydrazine groups is 1. The average molecular weight is 170 g/mol. The molecule has 0 saturated carbocycles. The van der Waals surface area contributed by atoms with E-state index in [-0.39, 0.29) is 0 Å². The van der Waals surface area contributed by atoms with Crippen LogP contribution >= 0.6 is 12.6 Å². The van der Waals surface area contributed by atoms with Gasteiger partial charge in [0.1, 0.15) is 5.75 Å². The summed E-state index contributed by atoms with van der Waals surface area (Å²) >= 11 is 4.16. The number of thiol groups is 1. The molecule has 4 heteroatoms. The van der Waals surface area contributed by atoms with E-state index in [1.807, 2.05) is 12.1 Å². The highest BCUT2D eigenvalue weighted by molar-refractivity contribution is 7.80. The molecule has 0 bridgehead atoms. The van der Waals surface area contributed by atoms with Crippen LogP contribution in [0.3, 0.4) is 0 Å². The van der Waals surface area contributed by atoms with E-state index in [1.165, 1.54) is 0 Å². The van der Waals surface area contributed by atoms with Gasteiger partial charge in [0.2, 0.25) is 0 Å². The van der Waals surface area contributed by atoms with E-state index in [4.69, 9.17) is 10.6 Å². The molecule has 0 heterocycles. The Bertz CT molecular complexity index is 230. The molecule has 0 atom stereocenters. The van der Waals surface area contributed by atoms with Gasteiger partial charge in [-0.3, -0.25) is 5.84 Å². The summed E-state index contributed by atoms with van der Waals surface area (Å²) in [6.07, 6.45) is 0. The molecule has 0 spiro atoms. The third-order valence-corrected chi connectivity index (χ3v) is 1.55. The minimum absolute atomic E-state index is 0.741. The summed E-state index contributed by atoms with van der Waals surface area (Å²) in [5.41, 5.74) is 3.30. The van der Waals surface area contributed by atoms with Gasteiger partial charge in [-0.2, -0.15) is 0 Å². The van der Waals surface area contributed by atoms with Crippen LogP contribution in [0.5, 0.6) is 5.75 Å². The van der Waals surface area contributed by atoms with Crippen molar-refractivity contribution in [1.82, 2.24) is 0 Å². The van der Waals surface area contributed by atoms with Crippen LogP contribution in [0.4, 0.5) is 5.69 Å². The summed E-state index contributed by atoms with van der Waals surface area (Å²) in [4.78, 5) is 0.817. The number of methoxy groups -OCH3 is 1. The van der Waals surface area contributed by atoms with Crippen molar-refractivity contribution in [3.8, 4) is 5.75 Å². The van der Waals surface area contributed by atoms with Crippen molar-refractivity contribution in [2.24, 2.45) is 5.84 Å². The standard InChI is InChI=1S/C7H10N2OS/c1-10-6-2-5(9-8)3-7(11)4-6/h2-4,9,11H,8H2,1H3. The number of rotatable bonds is 2. The predicted molar refractivity (Wildman–Crippen MR) is 48.1 cm³/mol. The van der Waals surface area contributed by atoms with Gasteiger partial charge in [0.25, 0.3) is 0 Å². The molecular formula is C7H10N2OS. The number of benzene rings is 1. The van der Waals surface area contributed by atoms with E-state index in [2.05, 4.69) is 18.1 Å². The number of nitrogen functional groups attached to an aromatic ring is 1. The first kappa shape index (κ1) is 8.23. The highest BCUT2D eigenvalue weighted by atomic mass is 32.1. The Morgan fingerprint density at radius 3 is 2.73 bits per heavy atom. The second-order valence-corrected chi connectivity index (χ2v) is 2.58. The molecule has 0 aromatic heterocycles. The SMILES string of the molecule is COc1cc(S)cc(NN)c1. The smallest absolute Gasteiger partial charge is 0.122 e. The number of nitrogens with two attached hydrogens (primary N) is 1. The maximum absolute atomic E-state index is 5.20. The first-order valence-electron chi connectivity index (χ1n) is 3.11. The van der Waals surface area contributed by atoms with Crippen LogP contribution in [0.1, 0.15) is 0 Å². The van der Waals surface area contributed by atoms with Gasteiger partial charge >= 0.3 is 0 Å². The number of nitrogens with one attached hydrogen (secondary N) is 1. The van der Waals surface area contributed by atoms with Gasteiger partial charge in [-0.1, -0.05) is 0 Å². The molecule has 0 saturated heterocycles. The molecule has 1 aromatic carbocycles. The molecule has 3 nitrogen and oxygen atoms in total. The summed E-state index contributed by atoms with van der Waals surface area (Å²) in [5.74, 6) is 5.94. The molecule has 60 valence electrons. The van der Waals surface area contributed by atoms with Gasteiger partial charge in [-0.05, 0) is 12.1 Å². The summed E-state index contributed by atoms with van der Waals surface area (Å²) in [6, 6.07) is 5.41. The number of ether oxygens (including phenoxy) is 1. The Hall–Kier alpha value is -0.870. The Morgan fingerprint density at radius 2 is 2.18 bits per heavy atom. The van der Waals surface area contributed by atoms with E-state index in [1.54, 1.807) is 13.2 Å².